The normalized spacial score (nSPS) is 42.5. The molecule has 4 aliphatic carbocycles. The van der Waals surface area contributed by atoms with Crippen molar-refractivity contribution in [3.63, 3.8) is 0 Å². The Labute approximate surface area is 187 Å². The molecule has 0 N–H and O–H groups in total. The van der Waals surface area contributed by atoms with Crippen molar-refractivity contribution >= 4 is 15.9 Å². The number of benzene rings is 1. The lowest BCUT2D eigenvalue weighted by atomic mass is 9.45. The summed E-state index contributed by atoms with van der Waals surface area (Å²) >= 11 is 0. The first-order valence-electron chi connectivity index (χ1n) is 12.2. The van der Waals surface area contributed by atoms with Crippen LogP contribution in [-0.4, -0.2) is 20.3 Å². The van der Waals surface area contributed by atoms with Gasteiger partial charge in [0.2, 0.25) is 0 Å². The zero-order valence-corrected chi connectivity index (χ0v) is 19.9. The van der Waals surface area contributed by atoms with Crippen LogP contribution in [-0.2, 0) is 19.1 Å². The van der Waals surface area contributed by atoms with Gasteiger partial charge in [0, 0.05) is 11.8 Å². The molecular formula is C26H36O4S. The van der Waals surface area contributed by atoms with Gasteiger partial charge in [-0.2, -0.15) is 8.42 Å². The van der Waals surface area contributed by atoms with E-state index in [2.05, 4.69) is 13.8 Å². The summed E-state index contributed by atoms with van der Waals surface area (Å²) in [6, 6.07) is 6.93. The van der Waals surface area contributed by atoms with E-state index in [1.165, 1.54) is 6.42 Å². The van der Waals surface area contributed by atoms with Crippen LogP contribution in [0.4, 0.5) is 0 Å². The lowest BCUT2D eigenvalue weighted by molar-refractivity contribution is -0.141. The Morgan fingerprint density at radius 1 is 0.935 bits per heavy atom. The van der Waals surface area contributed by atoms with Crippen molar-refractivity contribution in [1.29, 1.82) is 0 Å². The van der Waals surface area contributed by atoms with Crippen LogP contribution in [0.25, 0.3) is 0 Å². The van der Waals surface area contributed by atoms with Gasteiger partial charge >= 0.3 is 0 Å². The van der Waals surface area contributed by atoms with E-state index in [0.29, 0.717) is 29.5 Å². The summed E-state index contributed by atoms with van der Waals surface area (Å²) in [5.74, 6) is 2.92. The summed E-state index contributed by atoms with van der Waals surface area (Å²) in [7, 11) is -3.72. The fourth-order valence-corrected chi connectivity index (χ4v) is 9.13. The van der Waals surface area contributed by atoms with Crippen molar-refractivity contribution in [3.8, 4) is 0 Å². The second-order valence-electron chi connectivity index (χ2n) is 11.3. The molecule has 5 rings (SSSR count). The van der Waals surface area contributed by atoms with Crippen LogP contribution < -0.4 is 0 Å². The van der Waals surface area contributed by atoms with E-state index in [-0.39, 0.29) is 21.8 Å². The Hall–Kier alpha value is -1.20. The van der Waals surface area contributed by atoms with Gasteiger partial charge in [0.25, 0.3) is 10.1 Å². The van der Waals surface area contributed by atoms with Gasteiger partial charge in [-0.1, -0.05) is 31.5 Å². The van der Waals surface area contributed by atoms with E-state index < -0.39 is 10.1 Å². The monoisotopic (exact) mass is 444 g/mol. The molecule has 4 aliphatic rings. The smallest absolute Gasteiger partial charge is 0.297 e. The second-order valence-corrected chi connectivity index (χ2v) is 12.9. The molecule has 0 spiro atoms. The van der Waals surface area contributed by atoms with E-state index in [9.17, 15) is 13.2 Å². The third-order valence-electron chi connectivity index (χ3n) is 9.90. The largest absolute Gasteiger partial charge is 0.299 e. The molecule has 7 atom stereocenters. The van der Waals surface area contributed by atoms with Crippen molar-refractivity contribution in [3.05, 3.63) is 29.8 Å². The summed E-state index contributed by atoms with van der Waals surface area (Å²) in [6.45, 7) is 6.64. The average molecular weight is 445 g/mol. The first-order valence-corrected chi connectivity index (χ1v) is 13.6. The molecule has 0 radical (unpaired) electrons. The minimum atomic E-state index is -3.72. The maximum absolute atomic E-state index is 12.8. The lowest BCUT2D eigenvalue weighted by Gasteiger charge is -2.60. The highest BCUT2D eigenvalue weighted by Gasteiger charge is 2.60. The number of hydrogen-bond acceptors (Lipinski definition) is 4. The topological polar surface area (TPSA) is 60.4 Å². The average Bonchev–Trinajstić information content (AvgIpc) is 3.03. The fourth-order valence-electron chi connectivity index (χ4n) is 8.02. The Balaban J connectivity index is 1.30. The third-order valence-corrected chi connectivity index (χ3v) is 11.3. The highest BCUT2D eigenvalue weighted by molar-refractivity contribution is 7.86. The second kappa shape index (κ2) is 7.41. The van der Waals surface area contributed by atoms with Crippen LogP contribution in [0.1, 0.15) is 77.2 Å². The maximum atomic E-state index is 12.8. The van der Waals surface area contributed by atoms with Crippen LogP contribution in [0.3, 0.4) is 0 Å². The minimum absolute atomic E-state index is 0.0766. The zero-order valence-electron chi connectivity index (χ0n) is 19.1. The van der Waals surface area contributed by atoms with Gasteiger partial charge in [-0.15, -0.1) is 0 Å². The van der Waals surface area contributed by atoms with E-state index >= 15 is 0 Å². The number of hydrogen-bond donors (Lipinski definition) is 0. The highest BCUT2D eigenvalue weighted by atomic mass is 32.2. The van der Waals surface area contributed by atoms with Gasteiger partial charge in [-0.25, -0.2) is 0 Å². The Morgan fingerprint density at radius 2 is 1.68 bits per heavy atom. The van der Waals surface area contributed by atoms with Crippen LogP contribution >= 0.6 is 0 Å². The van der Waals surface area contributed by atoms with Crippen LogP contribution in [0, 0.1) is 41.4 Å². The van der Waals surface area contributed by atoms with E-state index in [0.717, 1.165) is 56.9 Å². The molecule has 0 aromatic heterocycles. The molecule has 0 heterocycles. The molecule has 4 fully saturated rings. The molecule has 5 heteroatoms. The molecule has 1 aromatic rings. The number of aryl methyl sites for hydroxylation is 1. The molecule has 31 heavy (non-hydrogen) atoms. The fraction of sp³-hybridized carbons (Fsp3) is 0.731. The number of carbonyl (C=O) groups is 1. The maximum Gasteiger partial charge on any atom is 0.297 e. The minimum Gasteiger partial charge on any atom is -0.299 e. The quantitative estimate of drug-likeness (QED) is 0.563. The van der Waals surface area contributed by atoms with Crippen LogP contribution in [0.5, 0.6) is 0 Å². The first kappa shape index (κ1) is 21.6. The number of rotatable bonds is 3. The van der Waals surface area contributed by atoms with Crippen molar-refractivity contribution in [2.45, 2.75) is 89.6 Å². The SMILES string of the molecule is Cc1ccc(S(=O)(=O)O[C@@H]2CC[C@]3(C)[C@@H](CC[C@@H]4[C@H]5CCC(=O)[C@]5(C)CC[C@@H]43)C2)cc1. The van der Waals surface area contributed by atoms with Crippen molar-refractivity contribution in [2.24, 2.45) is 34.5 Å². The summed E-state index contributed by atoms with van der Waals surface area (Å²) < 4.78 is 31.4. The van der Waals surface area contributed by atoms with Gasteiger partial charge in [0.15, 0.2) is 0 Å². The molecule has 0 amide bonds. The van der Waals surface area contributed by atoms with Gasteiger partial charge in [0.05, 0.1) is 11.0 Å². The van der Waals surface area contributed by atoms with E-state index in [1.54, 1.807) is 12.1 Å². The first-order chi connectivity index (χ1) is 14.6. The van der Waals surface area contributed by atoms with E-state index in [4.69, 9.17) is 4.18 Å². The summed E-state index contributed by atoms with van der Waals surface area (Å²) in [5.41, 5.74) is 1.22. The Kier molecular flexibility index (Phi) is 5.17. The molecule has 0 unspecified atom stereocenters. The number of fused-ring (bicyclic) bond motifs is 5. The molecule has 1 aromatic carbocycles. The molecule has 4 nitrogen and oxygen atoms in total. The molecule has 0 aliphatic heterocycles. The lowest BCUT2D eigenvalue weighted by Crippen LogP contribution is -2.54. The highest BCUT2D eigenvalue weighted by Crippen LogP contribution is 2.65. The summed E-state index contributed by atoms with van der Waals surface area (Å²) in [5, 5.41) is 0. The van der Waals surface area contributed by atoms with Crippen molar-refractivity contribution < 1.29 is 17.4 Å². The number of ketones is 1. The Morgan fingerprint density at radius 3 is 2.42 bits per heavy atom. The predicted molar refractivity (Wildman–Crippen MR) is 120 cm³/mol. The van der Waals surface area contributed by atoms with Crippen LogP contribution in [0.15, 0.2) is 29.2 Å². The zero-order chi connectivity index (χ0) is 22.0. The predicted octanol–water partition coefficient (Wildman–Crippen LogP) is 5.68. The molecular weight excluding hydrogens is 408 g/mol. The summed E-state index contributed by atoms with van der Waals surface area (Å²) in [6.07, 6.45) is 8.85. The van der Waals surface area contributed by atoms with Gasteiger partial charge in [0.1, 0.15) is 5.78 Å². The van der Waals surface area contributed by atoms with Gasteiger partial charge < -0.3 is 0 Å². The molecule has 0 saturated heterocycles. The van der Waals surface area contributed by atoms with E-state index in [1.807, 2.05) is 19.1 Å². The van der Waals surface area contributed by atoms with Gasteiger partial charge in [-0.3, -0.25) is 8.98 Å². The van der Waals surface area contributed by atoms with Crippen molar-refractivity contribution in [1.82, 2.24) is 0 Å². The number of Topliss-reactive ketones (excluding diaryl/α,β-unsaturated/α-hetero) is 1. The number of carbonyl (C=O) groups excluding carboxylic acids is 1. The van der Waals surface area contributed by atoms with Crippen molar-refractivity contribution in [2.75, 3.05) is 0 Å². The van der Waals surface area contributed by atoms with Crippen LogP contribution in [0.2, 0.25) is 0 Å². The third kappa shape index (κ3) is 3.42. The molecule has 0 bridgehead atoms. The molecule has 170 valence electrons. The van der Waals surface area contributed by atoms with Gasteiger partial charge in [-0.05, 0) is 99.5 Å². The molecule has 4 saturated carbocycles. The summed E-state index contributed by atoms with van der Waals surface area (Å²) in [4.78, 5) is 12.9. The Bertz CT molecular complexity index is 968. The standard InChI is InChI=1S/C26H36O4S/c1-17-4-7-20(8-5-17)31(28,29)30-19-12-14-25(2)18(16-19)6-9-21-22-10-11-24(27)26(22,3)15-13-23(21)25/h4-5,7-8,18-19,21-23H,6,9-16H2,1-3H3/t18-,19+,21+,22+,23-,25+,26+/m0/s1.